The normalized spacial score (nSPS) is 22.5. The molecule has 1 aromatic rings. The average molecular weight is 320 g/mol. The van der Waals surface area contributed by atoms with E-state index in [1.165, 1.54) is 12.1 Å². The number of nitrogens with two attached hydrogens (primary N) is 1. The Bertz CT molecular complexity index is 598. The summed E-state index contributed by atoms with van der Waals surface area (Å²) in [7, 11) is 0. The highest BCUT2D eigenvalue weighted by Crippen LogP contribution is 2.47. The number of primary amides is 1. The number of halogens is 1. The van der Waals surface area contributed by atoms with Crippen molar-refractivity contribution in [1.29, 1.82) is 0 Å². The summed E-state index contributed by atoms with van der Waals surface area (Å²) in [5.74, 6) is -0.108. The Hall–Kier alpha value is -2.11. The maximum Gasteiger partial charge on any atom is 0.238 e. The van der Waals surface area contributed by atoms with Crippen molar-refractivity contribution in [2.45, 2.75) is 25.7 Å². The van der Waals surface area contributed by atoms with Crippen LogP contribution in [0.4, 0.5) is 4.39 Å². The molecule has 1 aromatic carbocycles. The van der Waals surface area contributed by atoms with Gasteiger partial charge in [0.1, 0.15) is 17.0 Å². The second-order valence-corrected chi connectivity index (χ2v) is 6.47. The Labute approximate surface area is 134 Å². The molecule has 0 aromatic heterocycles. The van der Waals surface area contributed by atoms with Crippen LogP contribution in [-0.4, -0.2) is 36.4 Å². The molecule has 0 radical (unpaired) electrons. The fourth-order valence-electron chi connectivity index (χ4n) is 3.12. The maximum absolute atomic E-state index is 12.9. The van der Waals surface area contributed by atoms with E-state index in [0.29, 0.717) is 38.3 Å². The number of rotatable bonds is 5. The number of hydrogen-bond donors (Lipinski definition) is 1. The van der Waals surface area contributed by atoms with Gasteiger partial charge in [-0.05, 0) is 49.9 Å². The van der Waals surface area contributed by atoms with Gasteiger partial charge in [0, 0.05) is 19.0 Å². The molecular formula is C17H21FN2O3. The molecule has 23 heavy (non-hydrogen) atoms. The highest BCUT2D eigenvalue weighted by Gasteiger charge is 2.57. The Morgan fingerprint density at radius 2 is 2.00 bits per heavy atom. The summed E-state index contributed by atoms with van der Waals surface area (Å²) in [6, 6.07) is 5.90. The fraction of sp³-hybridized carbons (Fsp3) is 0.529. The molecule has 0 spiro atoms. The first-order chi connectivity index (χ1) is 11.0. The van der Waals surface area contributed by atoms with E-state index in [-0.39, 0.29) is 17.6 Å². The molecule has 2 fully saturated rings. The number of ether oxygens (including phenoxy) is 1. The van der Waals surface area contributed by atoms with Crippen molar-refractivity contribution < 1.29 is 18.7 Å². The molecule has 1 aliphatic heterocycles. The lowest BCUT2D eigenvalue weighted by molar-refractivity contribution is -0.144. The molecule has 1 atom stereocenters. The summed E-state index contributed by atoms with van der Waals surface area (Å²) in [4.78, 5) is 25.8. The van der Waals surface area contributed by atoms with Crippen molar-refractivity contribution in [2.24, 2.45) is 17.1 Å². The van der Waals surface area contributed by atoms with Crippen LogP contribution in [0.25, 0.3) is 0 Å². The predicted octanol–water partition coefficient (Wildman–Crippen LogP) is 1.71. The minimum Gasteiger partial charge on any atom is -0.493 e. The van der Waals surface area contributed by atoms with E-state index < -0.39 is 11.3 Å². The van der Waals surface area contributed by atoms with Gasteiger partial charge >= 0.3 is 0 Å². The van der Waals surface area contributed by atoms with Crippen LogP contribution in [-0.2, 0) is 9.59 Å². The van der Waals surface area contributed by atoms with Crippen LogP contribution in [0.3, 0.4) is 0 Å². The molecule has 2 aliphatic rings. The van der Waals surface area contributed by atoms with E-state index in [1.54, 1.807) is 17.0 Å². The van der Waals surface area contributed by atoms with Gasteiger partial charge in [-0.25, -0.2) is 4.39 Å². The Kier molecular flexibility index (Phi) is 4.24. The summed E-state index contributed by atoms with van der Waals surface area (Å²) >= 11 is 0. The Morgan fingerprint density at radius 3 is 2.61 bits per heavy atom. The van der Waals surface area contributed by atoms with E-state index in [4.69, 9.17) is 10.5 Å². The van der Waals surface area contributed by atoms with Gasteiger partial charge in [0.25, 0.3) is 0 Å². The minimum absolute atomic E-state index is 0.128. The third-order valence-corrected chi connectivity index (χ3v) is 4.74. The number of amides is 2. The van der Waals surface area contributed by atoms with Crippen molar-refractivity contribution >= 4 is 11.8 Å². The summed E-state index contributed by atoms with van der Waals surface area (Å²) in [6.07, 6.45) is 2.98. The van der Waals surface area contributed by atoms with E-state index in [0.717, 1.165) is 12.8 Å². The molecule has 1 saturated heterocycles. The number of nitrogens with zero attached hydrogens (tertiary/aromatic N) is 1. The first-order valence-electron chi connectivity index (χ1n) is 7.99. The number of carbonyl (C=O) groups excluding carboxylic acids is 2. The zero-order valence-corrected chi connectivity index (χ0v) is 13.0. The zero-order chi connectivity index (χ0) is 16.4. The van der Waals surface area contributed by atoms with Gasteiger partial charge in [-0.15, -0.1) is 0 Å². The van der Waals surface area contributed by atoms with Crippen molar-refractivity contribution in [3.8, 4) is 5.75 Å². The quantitative estimate of drug-likeness (QED) is 0.840. The third-order valence-electron chi connectivity index (χ3n) is 4.74. The van der Waals surface area contributed by atoms with Gasteiger partial charge in [0.05, 0.1) is 6.61 Å². The van der Waals surface area contributed by atoms with Gasteiger partial charge in [-0.3, -0.25) is 9.59 Å². The molecule has 1 saturated carbocycles. The second kappa shape index (κ2) is 6.18. The summed E-state index contributed by atoms with van der Waals surface area (Å²) in [6.45, 7) is 1.72. The van der Waals surface area contributed by atoms with Crippen LogP contribution < -0.4 is 10.5 Å². The van der Waals surface area contributed by atoms with Crippen LogP contribution in [0.1, 0.15) is 25.7 Å². The van der Waals surface area contributed by atoms with E-state index in [1.807, 2.05) is 0 Å². The molecule has 0 bridgehead atoms. The monoisotopic (exact) mass is 320 g/mol. The number of piperidine rings is 1. The zero-order valence-electron chi connectivity index (χ0n) is 13.0. The third kappa shape index (κ3) is 3.30. The molecule has 5 nitrogen and oxygen atoms in total. The van der Waals surface area contributed by atoms with Gasteiger partial charge in [-0.1, -0.05) is 0 Å². The van der Waals surface area contributed by atoms with Crippen molar-refractivity contribution in [2.75, 3.05) is 19.7 Å². The van der Waals surface area contributed by atoms with Crippen molar-refractivity contribution in [3.05, 3.63) is 30.1 Å². The highest BCUT2D eigenvalue weighted by molar-refractivity contribution is 6.07. The van der Waals surface area contributed by atoms with Crippen LogP contribution in [0.2, 0.25) is 0 Å². The van der Waals surface area contributed by atoms with E-state index >= 15 is 0 Å². The Morgan fingerprint density at radius 1 is 1.30 bits per heavy atom. The standard InChI is InChI=1S/C17H21FN2O3/c18-13-3-5-14(6-4-13)23-11-12-2-1-9-20(10-12)16(22)17(7-8-17)15(19)21/h3-6,12H,1-2,7-11H2,(H2,19,21)/t12-/m0/s1. The number of likely N-dealkylation sites (tertiary alicyclic amines) is 1. The lowest BCUT2D eigenvalue weighted by Crippen LogP contribution is -2.48. The smallest absolute Gasteiger partial charge is 0.238 e. The number of benzene rings is 1. The van der Waals surface area contributed by atoms with Crippen LogP contribution in [0.5, 0.6) is 5.75 Å². The number of carbonyl (C=O) groups is 2. The summed E-state index contributed by atoms with van der Waals surface area (Å²) in [5.41, 5.74) is 4.44. The fourth-order valence-corrected chi connectivity index (χ4v) is 3.12. The first kappa shape index (κ1) is 15.8. The van der Waals surface area contributed by atoms with E-state index in [9.17, 15) is 14.0 Å². The average Bonchev–Trinajstić information content (AvgIpc) is 3.36. The first-order valence-corrected chi connectivity index (χ1v) is 7.99. The predicted molar refractivity (Wildman–Crippen MR) is 82.1 cm³/mol. The van der Waals surface area contributed by atoms with Gasteiger partial charge in [-0.2, -0.15) is 0 Å². The van der Waals surface area contributed by atoms with Gasteiger partial charge < -0.3 is 15.4 Å². The molecule has 2 N–H and O–H groups in total. The maximum atomic E-state index is 12.9. The lowest BCUT2D eigenvalue weighted by atomic mass is 9.96. The van der Waals surface area contributed by atoms with Crippen molar-refractivity contribution in [3.63, 3.8) is 0 Å². The molecular weight excluding hydrogens is 299 g/mol. The minimum atomic E-state index is -0.945. The van der Waals surface area contributed by atoms with Crippen LogP contribution in [0.15, 0.2) is 24.3 Å². The highest BCUT2D eigenvalue weighted by atomic mass is 19.1. The molecule has 1 aliphatic carbocycles. The molecule has 0 unspecified atom stereocenters. The molecule has 124 valence electrons. The van der Waals surface area contributed by atoms with Crippen LogP contribution >= 0.6 is 0 Å². The van der Waals surface area contributed by atoms with Crippen LogP contribution in [0, 0.1) is 17.2 Å². The molecule has 6 heteroatoms. The Balaban J connectivity index is 1.55. The molecule has 3 rings (SSSR count). The topological polar surface area (TPSA) is 72.6 Å². The number of hydrogen-bond acceptors (Lipinski definition) is 3. The van der Waals surface area contributed by atoms with Crippen molar-refractivity contribution in [1.82, 2.24) is 4.90 Å². The SMILES string of the molecule is NC(=O)C1(C(=O)N2CCC[C@H](COc3ccc(F)cc3)C2)CC1. The largest absolute Gasteiger partial charge is 0.493 e. The van der Waals surface area contributed by atoms with Gasteiger partial charge in [0.15, 0.2) is 0 Å². The lowest BCUT2D eigenvalue weighted by Gasteiger charge is -2.34. The van der Waals surface area contributed by atoms with E-state index in [2.05, 4.69) is 0 Å². The molecule has 1 heterocycles. The molecule has 2 amide bonds. The summed E-state index contributed by atoms with van der Waals surface area (Å²) < 4.78 is 18.5. The summed E-state index contributed by atoms with van der Waals surface area (Å²) in [5, 5.41) is 0. The second-order valence-electron chi connectivity index (χ2n) is 6.47. The van der Waals surface area contributed by atoms with Gasteiger partial charge in [0.2, 0.25) is 11.8 Å².